The average Bonchev–Trinajstić information content (AvgIpc) is 2.56. The van der Waals surface area contributed by atoms with Gasteiger partial charge in [0.15, 0.2) is 0 Å². The van der Waals surface area contributed by atoms with Crippen LogP contribution in [0.4, 0.5) is 17.3 Å². The molecule has 0 aliphatic carbocycles. The Kier molecular flexibility index (Phi) is 6.37. The highest BCUT2D eigenvalue weighted by Crippen LogP contribution is 2.27. The number of aromatic nitrogens is 2. The third-order valence-electron chi connectivity index (χ3n) is 3.32. The van der Waals surface area contributed by atoms with Crippen LogP contribution in [-0.2, 0) is 4.74 Å². The molecule has 128 valence electrons. The van der Waals surface area contributed by atoms with Crippen molar-refractivity contribution in [2.75, 3.05) is 24.3 Å². The molecule has 24 heavy (non-hydrogen) atoms. The summed E-state index contributed by atoms with van der Waals surface area (Å²) < 4.78 is 4.73. The Morgan fingerprint density at radius 3 is 2.71 bits per heavy atom. The number of ether oxygens (including phenoxy) is 1. The smallest absolute Gasteiger partial charge is 0.337 e. The first-order valence-corrected chi connectivity index (χ1v) is 8.15. The number of aryl methyl sites for hydroxylation is 1. The molecule has 2 rings (SSSR count). The molecule has 0 saturated heterocycles. The predicted octanol–water partition coefficient (Wildman–Crippen LogP) is 4.18. The van der Waals surface area contributed by atoms with Crippen LogP contribution in [0, 0.1) is 6.92 Å². The van der Waals surface area contributed by atoms with E-state index in [1.807, 2.05) is 13.0 Å². The van der Waals surface area contributed by atoms with Gasteiger partial charge in [0.05, 0.1) is 23.4 Å². The molecular weight excluding hydrogens is 328 g/mol. The lowest BCUT2D eigenvalue weighted by molar-refractivity contribution is 0.0601. The van der Waals surface area contributed by atoms with E-state index in [1.165, 1.54) is 7.11 Å². The van der Waals surface area contributed by atoms with Crippen molar-refractivity contribution in [2.24, 2.45) is 0 Å². The van der Waals surface area contributed by atoms with E-state index in [-0.39, 0.29) is 0 Å². The fraction of sp³-hybridized carbons (Fsp3) is 0.353. The van der Waals surface area contributed by atoms with Crippen LogP contribution >= 0.6 is 11.6 Å². The van der Waals surface area contributed by atoms with E-state index >= 15 is 0 Å². The number of hydrogen-bond acceptors (Lipinski definition) is 6. The van der Waals surface area contributed by atoms with Gasteiger partial charge in [-0.2, -0.15) is 0 Å². The number of unbranched alkanes of at least 4 members (excludes halogenated alkanes) is 1. The number of hydrogen-bond donors (Lipinski definition) is 2. The van der Waals surface area contributed by atoms with Crippen molar-refractivity contribution in [1.29, 1.82) is 0 Å². The Bertz CT molecular complexity index is 722. The minimum atomic E-state index is -0.421. The molecule has 0 atom stereocenters. The normalized spacial score (nSPS) is 10.3. The van der Waals surface area contributed by atoms with E-state index in [4.69, 9.17) is 16.3 Å². The molecule has 2 N–H and O–H groups in total. The van der Waals surface area contributed by atoms with Gasteiger partial charge in [0.25, 0.3) is 0 Å². The largest absolute Gasteiger partial charge is 0.465 e. The summed E-state index contributed by atoms with van der Waals surface area (Å²) in [7, 11) is 1.34. The topological polar surface area (TPSA) is 76.1 Å². The SMILES string of the molecule is CCCCNc1cc(Nc2cc(C(=O)OC)ccc2Cl)nc(C)n1. The number of nitrogens with zero attached hydrogens (tertiary/aromatic N) is 2. The van der Waals surface area contributed by atoms with Crippen LogP contribution in [0.2, 0.25) is 5.02 Å². The number of benzene rings is 1. The molecule has 1 heterocycles. The lowest BCUT2D eigenvalue weighted by atomic mass is 10.2. The first-order chi connectivity index (χ1) is 11.5. The highest BCUT2D eigenvalue weighted by molar-refractivity contribution is 6.33. The molecule has 1 aromatic heterocycles. The lowest BCUT2D eigenvalue weighted by Crippen LogP contribution is -2.07. The van der Waals surface area contributed by atoms with E-state index < -0.39 is 5.97 Å². The Morgan fingerprint density at radius 1 is 1.25 bits per heavy atom. The zero-order valence-corrected chi connectivity index (χ0v) is 14.8. The van der Waals surface area contributed by atoms with Gasteiger partial charge in [-0.1, -0.05) is 24.9 Å². The first kappa shape index (κ1) is 18.0. The molecule has 0 unspecified atom stereocenters. The fourth-order valence-electron chi connectivity index (χ4n) is 2.12. The number of rotatable bonds is 7. The van der Waals surface area contributed by atoms with E-state index in [2.05, 4.69) is 27.5 Å². The van der Waals surface area contributed by atoms with E-state index in [9.17, 15) is 4.79 Å². The summed E-state index contributed by atoms with van der Waals surface area (Å²) in [5.74, 6) is 1.57. The van der Waals surface area contributed by atoms with Gasteiger partial charge in [-0.3, -0.25) is 0 Å². The number of anilines is 3. The number of carbonyl (C=O) groups excluding carboxylic acids is 1. The van der Waals surface area contributed by atoms with Gasteiger partial charge >= 0.3 is 5.97 Å². The van der Waals surface area contributed by atoms with Crippen molar-refractivity contribution in [1.82, 2.24) is 9.97 Å². The first-order valence-electron chi connectivity index (χ1n) is 7.78. The van der Waals surface area contributed by atoms with Crippen molar-refractivity contribution in [3.63, 3.8) is 0 Å². The van der Waals surface area contributed by atoms with E-state index in [1.54, 1.807) is 18.2 Å². The molecule has 0 spiro atoms. The minimum absolute atomic E-state index is 0.413. The van der Waals surface area contributed by atoms with Gasteiger partial charge in [-0.05, 0) is 31.5 Å². The van der Waals surface area contributed by atoms with Crippen LogP contribution in [0.1, 0.15) is 35.9 Å². The summed E-state index contributed by atoms with van der Waals surface area (Å²) in [4.78, 5) is 20.4. The zero-order chi connectivity index (χ0) is 17.5. The maximum atomic E-state index is 11.7. The van der Waals surface area contributed by atoms with Crippen molar-refractivity contribution in [3.8, 4) is 0 Å². The molecule has 0 aliphatic heterocycles. The molecule has 0 radical (unpaired) electrons. The molecule has 0 amide bonds. The molecule has 6 nitrogen and oxygen atoms in total. The van der Waals surface area contributed by atoms with E-state index in [0.717, 1.165) is 25.2 Å². The number of carbonyl (C=O) groups is 1. The van der Waals surface area contributed by atoms with Crippen LogP contribution < -0.4 is 10.6 Å². The molecule has 0 fully saturated rings. The summed E-state index contributed by atoms with van der Waals surface area (Å²) >= 11 is 6.20. The van der Waals surface area contributed by atoms with Crippen molar-refractivity contribution < 1.29 is 9.53 Å². The lowest BCUT2D eigenvalue weighted by Gasteiger charge is -2.12. The van der Waals surface area contributed by atoms with Crippen molar-refractivity contribution in [2.45, 2.75) is 26.7 Å². The average molecular weight is 349 g/mol. The third-order valence-corrected chi connectivity index (χ3v) is 3.65. The summed E-state index contributed by atoms with van der Waals surface area (Å²) in [5.41, 5.74) is 0.994. The van der Waals surface area contributed by atoms with Crippen LogP contribution in [0.3, 0.4) is 0 Å². The second-order valence-corrected chi connectivity index (χ2v) is 5.68. The Balaban J connectivity index is 2.22. The van der Waals surface area contributed by atoms with Crippen LogP contribution in [0.25, 0.3) is 0 Å². The number of halogens is 1. The standard InChI is InChI=1S/C17H21ClN4O2/c1-4-5-8-19-15-10-16(21-11(2)20-15)22-14-9-12(17(23)24-3)6-7-13(14)18/h6-7,9-10H,4-5,8H2,1-3H3,(H2,19,20,21,22). The molecule has 7 heteroatoms. The molecular formula is C17H21ClN4O2. The summed E-state index contributed by atoms with van der Waals surface area (Å²) in [5, 5.41) is 6.89. The summed E-state index contributed by atoms with van der Waals surface area (Å²) in [6.07, 6.45) is 2.18. The predicted molar refractivity (Wildman–Crippen MR) is 96.2 cm³/mol. The highest BCUT2D eigenvalue weighted by Gasteiger charge is 2.10. The minimum Gasteiger partial charge on any atom is -0.465 e. The number of nitrogens with one attached hydrogen (secondary N) is 2. The van der Waals surface area contributed by atoms with Gasteiger partial charge in [0, 0.05) is 12.6 Å². The molecule has 0 aliphatic rings. The van der Waals surface area contributed by atoms with Crippen LogP contribution in [0.5, 0.6) is 0 Å². The molecule has 2 aromatic rings. The summed E-state index contributed by atoms with van der Waals surface area (Å²) in [6, 6.07) is 6.70. The van der Waals surface area contributed by atoms with Crippen molar-refractivity contribution in [3.05, 3.63) is 40.7 Å². The molecule has 0 saturated carbocycles. The number of esters is 1. The van der Waals surface area contributed by atoms with Crippen LogP contribution in [0.15, 0.2) is 24.3 Å². The maximum absolute atomic E-state index is 11.7. The van der Waals surface area contributed by atoms with Gasteiger partial charge in [-0.25, -0.2) is 14.8 Å². The Labute approximate surface area is 146 Å². The second kappa shape index (κ2) is 8.49. The highest BCUT2D eigenvalue weighted by atomic mass is 35.5. The Morgan fingerprint density at radius 2 is 2.00 bits per heavy atom. The van der Waals surface area contributed by atoms with Gasteiger partial charge in [-0.15, -0.1) is 0 Å². The number of methoxy groups -OCH3 is 1. The van der Waals surface area contributed by atoms with Crippen molar-refractivity contribution >= 4 is 34.9 Å². The molecule has 1 aromatic carbocycles. The third kappa shape index (κ3) is 4.83. The maximum Gasteiger partial charge on any atom is 0.337 e. The summed E-state index contributed by atoms with van der Waals surface area (Å²) in [6.45, 7) is 4.81. The monoisotopic (exact) mass is 348 g/mol. The fourth-order valence-corrected chi connectivity index (χ4v) is 2.28. The zero-order valence-electron chi connectivity index (χ0n) is 14.0. The van der Waals surface area contributed by atoms with Gasteiger partial charge < -0.3 is 15.4 Å². The second-order valence-electron chi connectivity index (χ2n) is 5.28. The van der Waals surface area contributed by atoms with Gasteiger partial charge in [0.1, 0.15) is 17.5 Å². The molecule has 0 bridgehead atoms. The quantitative estimate of drug-likeness (QED) is 0.577. The van der Waals surface area contributed by atoms with Crippen LogP contribution in [-0.4, -0.2) is 29.6 Å². The van der Waals surface area contributed by atoms with E-state index in [0.29, 0.717) is 27.9 Å². The Hall–Kier alpha value is -2.34. The van der Waals surface area contributed by atoms with Gasteiger partial charge in [0.2, 0.25) is 0 Å².